The highest BCUT2D eigenvalue weighted by Crippen LogP contribution is 2.25. The van der Waals surface area contributed by atoms with Crippen molar-refractivity contribution in [1.82, 2.24) is 10.6 Å². The van der Waals surface area contributed by atoms with E-state index in [-0.39, 0.29) is 12.0 Å². The Hall–Kier alpha value is -1.17. The van der Waals surface area contributed by atoms with Crippen molar-refractivity contribution in [3.63, 3.8) is 0 Å². The van der Waals surface area contributed by atoms with E-state index >= 15 is 0 Å². The van der Waals surface area contributed by atoms with Gasteiger partial charge in [0.05, 0.1) is 6.04 Å². The molecule has 0 aliphatic carbocycles. The van der Waals surface area contributed by atoms with E-state index in [2.05, 4.69) is 15.8 Å². The van der Waals surface area contributed by atoms with Gasteiger partial charge >= 0.3 is 6.09 Å². The van der Waals surface area contributed by atoms with Crippen LogP contribution >= 0.6 is 0 Å². The lowest BCUT2D eigenvalue weighted by molar-refractivity contribution is 0.0459. The highest BCUT2D eigenvalue weighted by atomic mass is 16.6. The van der Waals surface area contributed by atoms with Crippen LogP contribution < -0.4 is 10.6 Å². The van der Waals surface area contributed by atoms with Gasteiger partial charge < -0.3 is 15.4 Å². The molecule has 19 heavy (non-hydrogen) atoms. The van der Waals surface area contributed by atoms with Gasteiger partial charge in [0.25, 0.3) is 0 Å². The molecular formula is C13H25N3O3. The van der Waals surface area contributed by atoms with E-state index in [4.69, 9.17) is 4.74 Å². The molecule has 0 spiro atoms. The van der Waals surface area contributed by atoms with Crippen LogP contribution in [0.3, 0.4) is 0 Å². The Bertz CT molecular complexity index is 331. The Morgan fingerprint density at radius 1 is 1.37 bits per heavy atom. The summed E-state index contributed by atoms with van der Waals surface area (Å²) in [6.07, 6.45) is 0.417. The van der Waals surface area contributed by atoms with Gasteiger partial charge in [-0.2, -0.15) is 4.91 Å². The molecule has 2 N–H and O–H groups in total. The van der Waals surface area contributed by atoms with Gasteiger partial charge in [-0.15, -0.1) is 0 Å². The molecule has 1 aliphatic rings. The lowest BCUT2D eigenvalue weighted by Gasteiger charge is -2.33. The first kappa shape index (κ1) is 15.9. The Kier molecular flexibility index (Phi) is 4.90. The van der Waals surface area contributed by atoms with Gasteiger partial charge in [0.15, 0.2) is 0 Å². The molecule has 2 atom stereocenters. The molecule has 1 heterocycles. The van der Waals surface area contributed by atoms with E-state index in [9.17, 15) is 9.70 Å². The average molecular weight is 271 g/mol. The van der Waals surface area contributed by atoms with E-state index in [1.807, 2.05) is 20.8 Å². The van der Waals surface area contributed by atoms with Gasteiger partial charge in [-0.05, 0) is 53.5 Å². The van der Waals surface area contributed by atoms with Crippen molar-refractivity contribution in [2.75, 3.05) is 13.1 Å². The zero-order valence-corrected chi connectivity index (χ0v) is 12.4. The Morgan fingerprint density at radius 2 is 2.00 bits per heavy atom. The summed E-state index contributed by atoms with van der Waals surface area (Å²) in [6, 6.07) is -0.324. The predicted octanol–water partition coefficient (Wildman–Crippen LogP) is 2.03. The normalized spacial score (nSPS) is 21.8. The lowest BCUT2D eigenvalue weighted by atomic mass is 9.84. The fraction of sp³-hybridized carbons (Fsp3) is 0.923. The molecule has 2 unspecified atom stereocenters. The second kappa shape index (κ2) is 5.86. The van der Waals surface area contributed by atoms with E-state index in [1.165, 1.54) is 0 Å². The van der Waals surface area contributed by atoms with Crippen molar-refractivity contribution in [2.24, 2.45) is 11.1 Å². The molecule has 1 fully saturated rings. The lowest BCUT2D eigenvalue weighted by Crippen LogP contribution is -2.54. The number of rotatable bonds is 4. The van der Waals surface area contributed by atoms with Crippen LogP contribution in [0.5, 0.6) is 0 Å². The largest absolute Gasteiger partial charge is 0.444 e. The SMILES string of the molecule is CC(C)(C)OC(=O)NC(C1CCNC1)C(C)(C)N=O. The van der Waals surface area contributed by atoms with Crippen LogP contribution in [-0.4, -0.2) is 36.4 Å². The summed E-state index contributed by atoms with van der Waals surface area (Å²) >= 11 is 0. The molecular weight excluding hydrogens is 246 g/mol. The number of hydrogen-bond acceptors (Lipinski definition) is 5. The smallest absolute Gasteiger partial charge is 0.407 e. The van der Waals surface area contributed by atoms with Gasteiger partial charge in [0, 0.05) is 6.54 Å². The second-order valence-electron chi connectivity index (χ2n) is 6.62. The van der Waals surface area contributed by atoms with Gasteiger partial charge in [0.2, 0.25) is 0 Å². The number of ether oxygens (including phenoxy) is 1. The van der Waals surface area contributed by atoms with Crippen LogP contribution in [0.15, 0.2) is 5.18 Å². The Balaban J connectivity index is 2.74. The first-order valence-electron chi connectivity index (χ1n) is 6.70. The van der Waals surface area contributed by atoms with E-state index in [0.29, 0.717) is 0 Å². The van der Waals surface area contributed by atoms with Gasteiger partial charge in [-0.1, -0.05) is 5.18 Å². The maximum atomic E-state index is 11.9. The first-order chi connectivity index (χ1) is 8.65. The summed E-state index contributed by atoms with van der Waals surface area (Å²) in [4.78, 5) is 22.9. The number of nitrogens with zero attached hydrogens (tertiary/aromatic N) is 1. The van der Waals surface area contributed by atoms with Crippen molar-refractivity contribution >= 4 is 6.09 Å². The summed E-state index contributed by atoms with van der Waals surface area (Å²) < 4.78 is 5.25. The van der Waals surface area contributed by atoms with Crippen LogP contribution in [0.4, 0.5) is 4.79 Å². The molecule has 6 heteroatoms. The summed E-state index contributed by atoms with van der Waals surface area (Å²) in [5, 5.41) is 9.21. The summed E-state index contributed by atoms with van der Waals surface area (Å²) in [5.74, 6) is 0.195. The van der Waals surface area contributed by atoms with Gasteiger partial charge in [-0.25, -0.2) is 4.79 Å². The standard InChI is InChI=1S/C13H25N3O3/c1-12(2,3)19-11(17)15-10(13(4,5)16-18)9-6-7-14-8-9/h9-10,14H,6-8H2,1-5H3,(H,15,17). The van der Waals surface area contributed by atoms with Crippen molar-refractivity contribution in [2.45, 2.75) is 58.2 Å². The molecule has 0 radical (unpaired) electrons. The first-order valence-corrected chi connectivity index (χ1v) is 6.70. The number of amides is 1. The van der Waals surface area contributed by atoms with Crippen molar-refractivity contribution in [3.05, 3.63) is 4.91 Å². The zero-order valence-electron chi connectivity index (χ0n) is 12.4. The monoisotopic (exact) mass is 271 g/mol. The summed E-state index contributed by atoms with van der Waals surface area (Å²) in [7, 11) is 0. The van der Waals surface area contributed by atoms with Crippen molar-refractivity contribution in [1.29, 1.82) is 0 Å². The van der Waals surface area contributed by atoms with Gasteiger partial charge in [-0.3, -0.25) is 0 Å². The molecule has 0 aromatic carbocycles. The number of carbonyl (C=O) groups excluding carboxylic acids is 1. The third kappa shape index (κ3) is 4.78. The summed E-state index contributed by atoms with van der Waals surface area (Å²) in [5.41, 5.74) is -1.41. The Labute approximate surface area is 114 Å². The maximum Gasteiger partial charge on any atom is 0.407 e. The molecule has 110 valence electrons. The van der Waals surface area contributed by atoms with E-state index < -0.39 is 17.2 Å². The Morgan fingerprint density at radius 3 is 2.42 bits per heavy atom. The molecule has 1 rings (SSSR count). The highest BCUT2D eigenvalue weighted by Gasteiger charge is 2.40. The van der Waals surface area contributed by atoms with Crippen LogP contribution in [0, 0.1) is 10.8 Å². The molecule has 1 saturated heterocycles. The number of alkyl carbamates (subject to hydrolysis) is 1. The average Bonchev–Trinajstić information content (AvgIpc) is 2.76. The topological polar surface area (TPSA) is 79.8 Å². The number of carbonyl (C=O) groups is 1. The minimum atomic E-state index is -0.854. The number of nitrogens with one attached hydrogen (secondary N) is 2. The van der Waals surface area contributed by atoms with E-state index in [0.717, 1.165) is 19.5 Å². The minimum Gasteiger partial charge on any atom is -0.444 e. The number of hydrogen-bond donors (Lipinski definition) is 2. The zero-order chi connectivity index (χ0) is 14.7. The predicted molar refractivity (Wildman–Crippen MR) is 74.0 cm³/mol. The second-order valence-corrected chi connectivity index (χ2v) is 6.62. The molecule has 0 bridgehead atoms. The molecule has 0 aromatic rings. The number of nitroso groups, excluding NO2 is 1. The third-order valence-electron chi connectivity index (χ3n) is 3.24. The molecule has 0 saturated carbocycles. The fourth-order valence-electron chi connectivity index (χ4n) is 2.32. The van der Waals surface area contributed by atoms with Crippen molar-refractivity contribution in [3.8, 4) is 0 Å². The van der Waals surface area contributed by atoms with Crippen LogP contribution in [0.2, 0.25) is 0 Å². The van der Waals surface area contributed by atoms with Crippen LogP contribution in [0.1, 0.15) is 41.0 Å². The third-order valence-corrected chi connectivity index (χ3v) is 3.24. The van der Waals surface area contributed by atoms with Crippen molar-refractivity contribution < 1.29 is 9.53 Å². The molecule has 1 amide bonds. The molecule has 6 nitrogen and oxygen atoms in total. The van der Waals surface area contributed by atoms with E-state index in [1.54, 1.807) is 13.8 Å². The highest BCUT2D eigenvalue weighted by molar-refractivity contribution is 5.68. The van der Waals surface area contributed by atoms with Crippen LogP contribution in [0.25, 0.3) is 0 Å². The fourth-order valence-corrected chi connectivity index (χ4v) is 2.32. The minimum absolute atomic E-state index is 0.195. The van der Waals surface area contributed by atoms with Gasteiger partial charge in [0.1, 0.15) is 11.1 Å². The molecule has 0 aromatic heterocycles. The maximum absolute atomic E-state index is 11.9. The summed E-state index contributed by atoms with van der Waals surface area (Å²) in [6.45, 7) is 10.6. The van der Waals surface area contributed by atoms with Crippen LogP contribution in [-0.2, 0) is 4.74 Å². The quantitative estimate of drug-likeness (QED) is 0.767. The molecule has 1 aliphatic heterocycles.